The fraction of sp³-hybridized carbons (Fsp3) is 0.294. The maximum Gasteiger partial charge on any atom is 0.191 e. The van der Waals surface area contributed by atoms with Gasteiger partial charge in [0.15, 0.2) is 5.96 Å². The number of anilines is 1. The minimum absolute atomic E-state index is 0.556. The average Bonchev–Trinajstić information content (AvgIpc) is 2.56. The third-order valence-corrected chi connectivity index (χ3v) is 3.96. The van der Waals surface area contributed by atoms with Crippen molar-refractivity contribution in [2.75, 3.05) is 26.0 Å². The average molecular weight is 366 g/mol. The molecule has 1 heterocycles. The van der Waals surface area contributed by atoms with Gasteiger partial charge in [-0.2, -0.15) is 0 Å². The van der Waals surface area contributed by atoms with Gasteiger partial charge in [-0.15, -0.1) is 0 Å². The van der Waals surface area contributed by atoms with Crippen LogP contribution in [-0.4, -0.2) is 32.1 Å². The van der Waals surface area contributed by atoms with Crippen molar-refractivity contribution in [2.45, 2.75) is 13.1 Å². The Morgan fingerprint density at radius 3 is 2.54 bits per heavy atom. The van der Waals surface area contributed by atoms with Gasteiger partial charge in [-0.05, 0) is 29.8 Å². The lowest BCUT2D eigenvalue weighted by molar-refractivity contribution is 0.793. The van der Waals surface area contributed by atoms with Crippen LogP contribution in [0.5, 0.6) is 0 Å². The summed E-state index contributed by atoms with van der Waals surface area (Å²) in [6.07, 6.45) is 0. The summed E-state index contributed by atoms with van der Waals surface area (Å²) >= 11 is 12.1. The number of nitrogens with one attached hydrogen (secondary N) is 2. The summed E-state index contributed by atoms with van der Waals surface area (Å²) in [5.74, 6) is 1.60. The van der Waals surface area contributed by atoms with E-state index in [0.29, 0.717) is 29.1 Å². The first kappa shape index (κ1) is 18.4. The molecule has 2 N–H and O–H groups in total. The highest BCUT2D eigenvalue weighted by atomic mass is 35.5. The Morgan fingerprint density at radius 1 is 1.12 bits per heavy atom. The molecule has 0 aliphatic carbocycles. The normalized spacial score (nSPS) is 11.3. The topological polar surface area (TPSA) is 52.6 Å². The zero-order chi connectivity index (χ0) is 17.5. The predicted octanol–water partition coefficient (Wildman–Crippen LogP) is 3.32. The Morgan fingerprint density at radius 2 is 1.88 bits per heavy atom. The molecule has 0 radical (unpaired) electrons. The number of halogens is 2. The summed E-state index contributed by atoms with van der Waals surface area (Å²) in [6, 6.07) is 11.4. The molecular formula is C17H21Cl2N5. The molecule has 1 aromatic heterocycles. The highest BCUT2D eigenvalue weighted by Crippen LogP contribution is 2.20. The molecule has 0 saturated carbocycles. The van der Waals surface area contributed by atoms with Gasteiger partial charge in [-0.3, -0.25) is 4.99 Å². The Labute approximate surface area is 152 Å². The molecule has 2 rings (SSSR count). The quantitative estimate of drug-likeness (QED) is 0.630. The van der Waals surface area contributed by atoms with Crippen LogP contribution in [0.1, 0.15) is 11.3 Å². The molecule has 0 bridgehead atoms. The van der Waals surface area contributed by atoms with E-state index >= 15 is 0 Å². The fourth-order valence-corrected chi connectivity index (χ4v) is 2.53. The van der Waals surface area contributed by atoms with Crippen molar-refractivity contribution in [1.29, 1.82) is 0 Å². The lowest BCUT2D eigenvalue weighted by Crippen LogP contribution is -2.36. The van der Waals surface area contributed by atoms with E-state index in [1.165, 1.54) is 0 Å². The number of benzene rings is 1. The molecule has 128 valence electrons. The van der Waals surface area contributed by atoms with Crippen molar-refractivity contribution in [1.82, 2.24) is 15.6 Å². The summed E-state index contributed by atoms with van der Waals surface area (Å²) in [6.45, 7) is 1.14. The van der Waals surface area contributed by atoms with E-state index < -0.39 is 0 Å². The molecule has 0 spiro atoms. The summed E-state index contributed by atoms with van der Waals surface area (Å²) in [5, 5.41) is 7.72. The zero-order valence-electron chi connectivity index (χ0n) is 14.0. The van der Waals surface area contributed by atoms with Crippen LogP contribution in [0.2, 0.25) is 10.0 Å². The maximum absolute atomic E-state index is 6.18. The largest absolute Gasteiger partial charge is 0.363 e. The van der Waals surface area contributed by atoms with Crippen LogP contribution < -0.4 is 15.5 Å². The lowest BCUT2D eigenvalue weighted by Gasteiger charge is -2.14. The van der Waals surface area contributed by atoms with E-state index in [2.05, 4.69) is 20.6 Å². The molecular weight excluding hydrogens is 345 g/mol. The van der Waals surface area contributed by atoms with Crippen molar-refractivity contribution in [3.63, 3.8) is 0 Å². The van der Waals surface area contributed by atoms with Crippen molar-refractivity contribution in [2.24, 2.45) is 4.99 Å². The molecule has 0 fully saturated rings. The molecule has 2 aromatic rings. The zero-order valence-corrected chi connectivity index (χ0v) is 15.5. The second-order valence-corrected chi connectivity index (χ2v) is 6.24. The van der Waals surface area contributed by atoms with E-state index in [4.69, 9.17) is 23.2 Å². The Kier molecular flexibility index (Phi) is 6.70. The minimum atomic E-state index is 0.556. The van der Waals surface area contributed by atoms with Crippen molar-refractivity contribution < 1.29 is 0 Å². The molecule has 0 aliphatic rings. The van der Waals surface area contributed by atoms with Crippen LogP contribution in [0.4, 0.5) is 5.82 Å². The summed E-state index contributed by atoms with van der Waals surface area (Å²) in [7, 11) is 5.66. The monoisotopic (exact) mass is 365 g/mol. The number of guanidine groups is 1. The first-order valence-corrected chi connectivity index (χ1v) is 8.27. The van der Waals surface area contributed by atoms with Crippen LogP contribution in [-0.2, 0) is 13.1 Å². The number of rotatable bonds is 5. The molecule has 0 saturated heterocycles. The van der Waals surface area contributed by atoms with Gasteiger partial charge in [0.2, 0.25) is 0 Å². The Balaban J connectivity index is 1.92. The van der Waals surface area contributed by atoms with E-state index in [0.717, 1.165) is 17.1 Å². The van der Waals surface area contributed by atoms with Crippen molar-refractivity contribution in [3.05, 3.63) is 57.7 Å². The van der Waals surface area contributed by atoms with Gasteiger partial charge in [0.1, 0.15) is 5.82 Å². The Hall–Kier alpha value is -1.98. The van der Waals surface area contributed by atoms with Crippen LogP contribution >= 0.6 is 23.2 Å². The number of hydrogen-bond acceptors (Lipinski definition) is 3. The summed E-state index contributed by atoms with van der Waals surface area (Å²) in [5.41, 5.74) is 1.89. The van der Waals surface area contributed by atoms with E-state index in [9.17, 15) is 0 Å². The van der Waals surface area contributed by atoms with Crippen molar-refractivity contribution in [3.8, 4) is 0 Å². The first-order chi connectivity index (χ1) is 11.5. The number of aromatic nitrogens is 1. The SMILES string of the molecule is CN=C(NCc1cccc(N(C)C)n1)NCc1ccc(Cl)cc1Cl. The molecule has 24 heavy (non-hydrogen) atoms. The molecule has 0 unspecified atom stereocenters. The van der Waals surface area contributed by atoms with Crippen LogP contribution in [0.15, 0.2) is 41.4 Å². The second kappa shape index (κ2) is 8.76. The number of hydrogen-bond donors (Lipinski definition) is 2. The maximum atomic E-state index is 6.18. The molecule has 0 amide bonds. The minimum Gasteiger partial charge on any atom is -0.363 e. The van der Waals surface area contributed by atoms with Gasteiger partial charge < -0.3 is 15.5 Å². The van der Waals surface area contributed by atoms with Gasteiger partial charge in [0, 0.05) is 37.7 Å². The molecule has 0 atom stereocenters. The molecule has 7 heteroatoms. The van der Waals surface area contributed by atoms with Crippen LogP contribution in [0.25, 0.3) is 0 Å². The fourth-order valence-electron chi connectivity index (χ4n) is 2.05. The van der Waals surface area contributed by atoms with E-state index in [1.807, 2.05) is 49.3 Å². The van der Waals surface area contributed by atoms with Gasteiger partial charge >= 0.3 is 0 Å². The van der Waals surface area contributed by atoms with E-state index in [-0.39, 0.29) is 0 Å². The van der Waals surface area contributed by atoms with Crippen LogP contribution in [0, 0.1) is 0 Å². The smallest absolute Gasteiger partial charge is 0.191 e. The molecule has 1 aromatic carbocycles. The van der Waals surface area contributed by atoms with E-state index in [1.54, 1.807) is 13.1 Å². The highest BCUT2D eigenvalue weighted by molar-refractivity contribution is 6.35. The predicted molar refractivity (Wildman–Crippen MR) is 102 cm³/mol. The highest BCUT2D eigenvalue weighted by Gasteiger charge is 2.04. The lowest BCUT2D eigenvalue weighted by atomic mass is 10.2. The third kappa shape index (κ3) is 5.28. The first-order valence-electron chi connectivity index (χ1n) is 7.51. The molecule has 5 nitrogen and oxygen atoms in total. The van der Waals surface area contributed by atoms with Crippen molar-refractivity contribution >= 4 is 35.0 Å². The van der Waals surface area contributed by atoms with Gasteiger partial charge in [0.25, 0.3) is 0 Å². The third-order valence-electron chi connectivity index (χ3n) is 3.37. The Bertz CT molecular complexity index is 716. The number of nitrogens with zero attached hydrogens (tertiary/aromatic N) is 3. The van der Waals surface area contributed by atoms with Gasteiger partial charge in [-0.1, -0.05) is 35.3 Å². The van der Waals surface area contributed by atoms with Gasteiger partial charge in [0.05, 0.1) is 12.2 Å². The summed E-state index contributed by atoms with van der Waals surface area (Å²) in [4.78, 5) is 10.7. The summed E-state index contributed by atoms with van der Waals surface area (Å²) < 4.78 is 0. The number of pyridine rings is 1. The standard InChI is InChI=1S/C17H21Cl2N5/c1-20-17(21-10-12-7-8-13(18)9-15(12)19)22-11-14-5-4-6-16(23-14)24(2)3/h4-9H,10-11H2,1-3H3,(H2,20,21,22). The molecule has 0 aliphatic heterocycles. The van der Waals surface area contributed by atoms with Crippen LogP contribution in [0.3, 0.4) is 0 Å². The van der Waals surface area contributed by atoms with Gasteiger partial charge in [-0.25, -0.2) is 4.98 Å². The second-order valence-electron chi connectivity index (χ2n) is 5.40. The number of aliphatic imine (C=N–C) groups is 1.